The number of aliphatic hydroxyl groups excluding tert-OH is 2. The van der Waals surface area contributed by atoms with Gasteiger partial charge in [0, 0.05) is 30.2 Å². The average molecular weight is 497 g/mol. The zero-order chi connectivity index (χ0) is 24.3. The van der Waals surface area contributed by atoms with Crippen molar-refractivity contribution in [1.82, 2.24) is 19.9 Å². The first kappa shape index (κ1) is 23.0. The fraction of sp³-hybridized carbons (Fsp3) is 0.600. The SMILES string of the molecule is Cc1cc2sc(-c3c(C)nc(NC4CCC4)nc3NC3(O)CCC(CO)C3O)nc2c(C2CC2)n1. The number of fused-ring (bicyclic) bond motifs is 1. The third-order valence-electron chi connectivity index (χ3n) is 7.64. The maximum Gasteiger partial charge on any atom is 0.225 e. The molecule has 3 atom stereocenters. The van der Waals surface area contributed by atoms with Crippen molar-refractivity contribution in [3.05, 3.63) is 23.1 Å². The molecule has 3 aliphatic carbocycles. The van der Waals surface area contributed by atoms with Gasteiger partial charge < -0.3 is 26.0 Å². The molecular formula is C25H32N6O3S. The van der Waals surface area contributed by atoms with E-state index in [-0.39, 0.29) is 12.5 Å². The second-order valence-corrected chi connectivity index (χ2v) is 11.4. The highest BCUT2D eigenvalue weighted by Crippen LogP contribution is 2.45. The summed E-state index contributed by atoms with van der Waals surface area (Å²) in [5, 5.41) is 39.0. The first-order chi connectivity index (χ1) is 16.8. The third-order valence-corrected chi connectivity index (χ3v) is 8.66. The summed E-state index contributed by atoms with van der Waals surface area (Å²) in [6, 6.07) is 2.42. The molecule has 3 saturated carbocycles. The number of nitrogens with zero attached hydrogens (tertiary/aromatic N) is 4. The first-order valence-electron chi connectivity index (χ1n) is 12.6. The molecule has 35 heavy (non-hydrogen) atoms. The molecule has 186 valence electrons. The van der Waals surface area contributed by atoms with Gasteiger partial charge in [-0.25, -0.2) is 9.97 Å². The van der Waals surface area contributed by atoms with Gasteiger partial charge in [0.25, 0.3) is 0 Å². The van der Waals surface area contributed by atoms with E-state index in [1.54, 1.807) is 11.3 Å². The van der Waals surface area contributed by atoms with Gasteiger partial charge in [-0.1, -0.05) is 0 Å². The van der Waals surface area contributed by atoms with Crippen molar-refractivity contribution in [2.75, 3.05) is 17.2 Å². The molecule has 5 N–H and O–H groups in total. The van der Waals surface area contributed by atoms with Gasteiger partial charge in [0.05, 0.1) is 21.7 Å². The Bertz CT molecular complexity index is 1270. The van der Waals surface area contributed by atoms with Gasteiger partial charge in [-0.05, 0) is 64.9 Å². The van der Waals surface area contributed by atoms with Gasteiger partial charge in [-0.3, -0.25) is 4.98 Å². The molecule has 0 amide bonds. The van der Waals surface area contributed by atoms with Gasteiger partial charge in [0.2, 0.25) is 5.95 Å². The van der Waals surface area contributed by atoms with E-state index in [9.17, 15) is 15.3 Å². The Morgan fingerprint density at radius 1 is 1.09 bits per heavy atom. The minimum Gasteiger partial charge on any atom is -0.396 e. The van der Waals surface area contributed by atoms with Crippen LogP contribution in [0.1, 0.15) is 67.9 Å². The van der Waals surface area contributed by atoms with E-state index in [1.165, 1.54) is 6.42 Å². The number of aliphatic hydroxyl groups is 3. The molecule has 0 radical (unpaired) electrons. The van der Waals surface area contributed by atoms with Crippen LogP contribution in [0.5, 0.6) is 0 Å². The zero-order valence-corrected chi connectivity index (χ0v) is 20.9. The standard InChI is InChI=1S/C25H32N6O3S/c1-12-10-17-20(19(26-12)14-6-7-14)29-23(35-17)18-13(2)27-24(28-16-4-3-5-16)30-22(18)31-25(34)9-8-15(11-32)21(25)33/h10,14-16,21,32-34H,3-9,11H2,1-2H3,(H2,27,28,30,31). The number of hydrogen-bond acceptors (Lipinski definition) is 10. The maximum absolute atomic E-state index is 11.3. The third kappa shape index (κ3) is 4.16. The largest absolute Gasteiger partial charge is 0.396 e. The summed E-state index contributed by atoms with van der Waals surface area (Å²) < 4.78 is 1.08. The van der Waals surface area contributed by atoms with E-state index in [1.807, 2.05) is 13.8 Å². The Labute approximate surface area is 208 Å². The van der Waals surface area contributed by atoms with Crippen LogP contribution in [-0.4, -0.2) is 59.7 Å². The number of rotatable bonds is 7. The van der Waals surface area contributed by atoms with Gasteiger partial charge in [-0.15, -0.1) is 11.3 Å². The quantitative estimate of drug-likeness (QED) is 0.311. The lowest BCUT2D eigenvalue weighted by molar-refractivity contribution is -0.0545. The fourth-order valence-electron chi connectivity index (χ4n) is 5.18. The summed E-state index contributed by atoms with van der Waals surface area (Å²) in [6.07, 6.45) is 5.37. The Hall–Kier alpha value is -2.40. The van der Waals surface area contributed by atoms with Crippen LogP contribution in [-0.2, 0) is 0 Å². The van der Waals surface area contributed by atoms with Crippen LogP contribution in [0.3, 0.4) is 0 Å². The highest BCUT2D eigenvalue weighted by molar-refractivity contribution is 7.21. The molecule has 0 aliphatic heterocycles. The maximum atomic E-state index is 11.3. The Morgan fingerprint density at radius 2 is 1.89 bits per heavy atom. The van der Waals surface area contributed by atoms with E-state index in [2.05, 4.69) is 16.7 Å². The van der Waals surface area contributed by atoms with Gasteiger partial charge in [0.15, 0.2) is 5.72 Å². The number of nitrogens with one attached hydrogen (secondary N) is 2. The Morgan fingerprint density at radius 3 is 2.54 bits per heavy atom. The van der Waals surface area contributed by atoms with Gasteiger partial charge in [0.1, 0.15) is 22.4 Å². The average Bonchev–Trinajstić information content (AvgIpc) is 3.49. The van der Waals surface area contributed by atoms with E-state index in [0.29, 0.717) is 36.6 Å². The van der Waals surface area contributed by atoms with Crippen molar-refractivity contribution in [3.8, 4) is 10.6 Å². The molecule has 0 bridgehead atoms. The number of pyridine rings is 1. The van der Waals surface area contributed by atoms with Crippen molar-refractivity contribution in [2.45, 2.75) is 82.6 Å². The normalized spacial score (nSPS) is 26.8. The Balaban J connectivity index is 1.45. The lowest BCUT2D eigenvalue weighted by Gasteiger charge is -2.31. The van der Waals surface area contributed by atoms with Crippen molar-refractivity contribution in [1.29, 1.82) is 0 Å². The molecule has 3 aliphatic rings. The van der Waals surface area contributed by atoms with Crippen LogP contribution in [0, 0.1) is 19.8 Å². The highest BCUT2D eigenvalue weighted by Gasteiger charge is 2.47. The van der Waals surface area contributed by atoms with E-state index in [0.717, 1.165) is 63.6 Å². The summed E-state index contributed by atoms with van der Waals surface area (Å²) >= 11 is 1.57. The molecule has 3 aromatic heterocycles. The van der Waals surface area contributed by atoms with Crippen molar-refractivity contribution < 1.29 is 15.3 Å². The molecule has 3 heterocycles. The lowest BCUT2D eigenvalue weighted by atomic mass is 9.93. The number of hydrogen-bond donors (Lipinski definition) is 5. The summed E-state index contributed by atoms with van der Waals surface area (Å²) in [5.74, 6) is 1.03. The molecular weight excluding hydrogens is 464 g/mol. The second kappa shape index (κ2) is 8.62. The van der Waals surface area contributed by atoms with E-state index < -0.39 is 11.8 Å². The summed E-state index contributed by atoms with van der Waals surface area (Å²) in [5.41, 5.74) is 2.85. The zero-order valence-electron chi connectivity index (χ0n) is 20.1. The van der Waals surface area contributed by atoms with E-state index >= 15 is 0 Å². The summed E-state index contributed by atoms with van der Waals surface area (Å²) in [6.45, 7) is 3.77. The summed E-state index contributed by atoms with van der Waals surface area (Å²) in [7, 11) is 0. The molecule has 3 aromatic rings. The topological polar surface area (TPSA) is 136 Å². The van der Waals surface area contributed by atoms with Crippen LogP contribution >= 0.6 is 11.3 Å². The van der Waals surface area contributed by atoms with Crippen molar-refractivity contribution in [2.24, 2.45) is 5.92 Å². The molecule has 6 rings (SSSR count). The van der Waals surface area contributed by atoms with Crippen LogP contribution < -0.4 is 10.6 Å². The van der Waals surface area contributed by atoms with Crippen LogP contribution in [0.15, 0.2) is 6.07 Å². The smallest absolute Gasteiger partial charge is 0.225 e. The molecule has 3 unspecified atom stereocenters. The summed E-state index contributed by atoms with van der Waals surface area (Å²) in [4.78, 5) is 19.3. The predicted octanol–water partition coefficient (Wildman–Crippen LogP) is 3.47. The van der Waals surface area contributed by atoms with Crippen LogP contribution in [0.4, 0.5) is 11.8 Å². The molecule has 9 nitrogen and oxygen atoms in total. The molecule has 0 spiro atoms. The number of aromatic nitrogens is 4. The van der Waals surface area contributed by atoms with Crippen molar-refractivity contribution in [3.63, 3.8) is 0 Å². The van der Waals surface area contributed by atoms with E-state index in [4.69, 9.17) is 19.9 Å². The number of anilines is 2. The minimum atomic E-state index is -1.59. The van der Waals surface area contributed by atoms with Crippen LogP contribution in [0.25, 0.3) is 20.8 Å². The fourth-order valence-corrected chi connectivity index (χ4v) is 6.35. The second-order valence-electron chi connectivity index (χ2n) is 10.4. The number of aryl methyl sites for hydroxylation is 2. The Kier molecular flexibility index (Phi) is 5.67. The minimum absolute atomic E-state index is 0.177. The van der Waals surface area contributed by atoms with Crippen LogP contribution in [0.2, 0.25) is 0 Å². The molecule has 3 fully saturated rings. The predicted molar refractivity (Wildman–Crippen MR) is 136 cm³/mol. The molecule has 0 saturated heterocycles. The highest BCUT2D eigenvalue weighted by atomic mass is 32.1. The first-order valence-corrected chi connectivity index (χ1v) is 13.4. The monoisotopic (exact) mass is 496 g/mol. The van der Waals surface area contributed by atoms with Crippen molar-refractivity contribution >= 4 is 33.3 Å². The van der Waals surface area contributed by atoms with Gasteiger partial charge >= 0.3 is 0 Å². The molecule has 0 aromatic carbocycles. The lowest BCUT2D eigenvalue weighted by Crippen LogP contribution is -2.48. The number of thiazole rings is 1. The van der Waals surface area contributed by atoms with Gasteiger partial charge in [-0.2, -0.15) is 4.98 Å². The molecule has 10 heteroatoms.